The smallest absolute Gasteiger partial charge is 0.265 e. The molecule has 0 saturated carbocycles. The van der Waals surface area contributed by atoms with E-state index < -0.39 is 0 Å². The number of carbonyl (C=O) groups excluding carboxylic acids is 2. The van der Waals surface area contributed by atoms with Crippen LogP contribution in [0.25, 0.3) is 6.08 Å². The van der Waals surface area contributed by atoms with E-state index in [9.17, 15) is 9.59 Å². The largest absolute Gasteiger partial charge is 0.299 e. The minimum atomic E-state index is -0.337. The number of aldehydes is 1. The summed E-state index contributed by atoms with van der Waals surface area (Å²) < 4.78 is 0. The normalized spacial score (nSPS) is 10.1. The third kappa shape index (κ3) is 2.53. The van der Waals surface area contributed by atoms with Crippen molar-refractivity contribution in [2.24, 2.45) is 5.84 Å². The molecule has 0 saturated heterocycles. The standard InChI is InChI=1S/C10H10N2O2/c11-12-10(14)9-5-3-8(4-6-9)2-1-7-13/h1-7H,11H2,(H,12,14). The minimum Gasteiger partial charge on any atom is -0.299 e. The number of benzene rings is 1. The number of hydrazine groups is 1. The number of allylic oxidation sites excluding steroid dienone is 1. The summed E-state index contributed by atoms with van der Waals surface area (Å²) in [6.45, 7) is 0. The Morgan fingerprint density at radius 2 is 1.93 bits per heavy atom. The molecule has 3 N–H and O–H groups in total. The molecule has 72 valence electrons. The Morgan fingerprint density at radius 1 is 1.29 bits per heavy atom. The van der Waals surface area contributed by atoms with Crippen LogP contribution in [0.4, 0.5) is 0 Å². The number of rotatable bonds is 3. The zero-order chi connectivity index (χ0) is 10.4. The van der Waals surface area contributed by atoms with Crippen LogP contribution >= 0.6 is 0 Å². The number of nitrogens with one attached hydrogen (secondary N) is 1. The number of carbonyl (C=O) groups is 2. The highest BCUT2D eigenvalue weighted by atomic mass is 16.2. The molecule has 4 heteroatoms. The molecule has 14 heavy (non-hydrogen) atoms. The molecule has 1 amide bonds. The van der Waals surface area contributed by atoms with Gasteiger partial charge in [-0.2, -0.15) is 0 Å². The van der Waals surface area contributed by atoms with Gasteiger partial charge in [0.15, 0.2) is 0 Å². The van der Waals surface area contributed by atoms with Crippen molar-refractivity contribution < 1.29 is 9.59 Å². The van der Waals surface area contributed by atoms with Gasteiger partial charge >= 0.3 is 0 Å². The third-order valence-electron chi connectivity index (χ3n) is 1.67. The van der Waals surface area contributed by atoms with Gasteiger partial charge in [0.25, 0.3) is 5.91 Å². The average molecular weight is 190 g/mol. The molecule has 0 spiro atoms. The first-order chi connectivity index (χ1) is 6.77. The van der Waals surface area contributed by atoms with E-state index in [1.807, 2.05) is 5.43 Å². The molecule has 0 radical (unpaired) electrons. The first-order valence-corrected chi connectivity index (χ1v) is 4.01. The fourth-order valence-electron chi connectivity index (χ4n) is 0.979. The van der Waals surface area contributed by atoms with Gasteiger partial charge < -0.3 is 0 Å². The Morgan fingerprint density at radius 3 is 2.43 bits per heavy atom. The lowest BCUT2D eigenvalue weighted by Gasteiger charge is -1.99. The molecule has 0 fully saturated rings. The van der Waals surface area contributed by atoms with Crippen LogP contribution in [0, 0.1) is 0 Å². The molecule has 1 aromatic rings. The second kappa shape index (κ2) is 4.94. The van der Waals surface area contributed by atoms with Crippen LogP contribution in [0.1, 0.15) is 15.9 Å². The van der Waals surface area contributed by atoms with Gasteiger partial charge in [0.1, 0.15) is 6.29 Å². The molecule has 4 nitrogen and oxygen atoms in total. The van der Waals surface area contributed by atoms with E-state index in [1.165, 1.54) is 6.08 Å². The highest BCUT2D eigenvalue weighted by Crippen LogP contribution is 2.05. The summed E-state index contributed by atoms with van der Waals surface area (Å²) in [5.74, 6) is 4.63. The van der Waals surface area contributed by atoms with Crippen molar-refractivity contribution in [3.63, 3.8) is 0 Å². The van der Waals surface area contributed by atoms with Crippen LogP contribution in [0.15, 0.2) is 30.3 Å². The van der Waals surface area contributed by atoms with Gasteiger partial charge in [-0.3, -0.25) is 15.0 Å². The van der Waals surface area contributed by atoms with Crippen LogP contribution in [-0.4, -0.2) is 12.2 Å². The van der Waals surface area contributed by atoms with E-state index in [2.05, 4.69) is 0 Å². The van der Waals surface area contributed by atoms with Gasteiger partial charge in [0, 0.05) is 5.56 Å². The van der Waals surface area contributed by atoms with E-state index in [0.29, 0.717) is 11.8 Å². The maximum atomic E-state index is 11.0. The zero-order valence-electron chi connectivity index (χ0n) is 7.44. The molecule has 1 aromatic carbocycles. The fraction of sp³-hybridized carbons (Fsp3) is 0. The minimum absolute atomic E-state index is 0.337. The van der Waals surface area contributed by atoms with Crippen molar-refractivity contribution in [1.82, 2.24) is 5.43 Å². The van der Waals surface area contributed by atoms with Crippen LogP contribution < -0.4 is 11.3 Å². The Labute approximate surface area is 81.4 Å². The molecule has 0 atom stereocenters. The summed E-state index contributed by atoms with van der Waals surface area (Å²) in [4.78, 5) is 21.1. The molecule has 0 aliphatic carbocycles. The summed E-state index contributed by atoms with van der Waals surface area (Å²) in [5.41, 5.74) is 3.37. The number of nitrogens with two attached hydrogens (primary N) is 1. The van der Waals surface area contributed by atoms with Crippen molar-refractivity contribution in [2.75, 3.05) is 0 Å². The van der Waals surface area contributed by atoms with E-state index in [0.717, 1.165) is 5.56 Å². The van der Waals surface area contributed by atoms with E-state index in [-0.39, 0.29) is 5.91 Å². The summed E-state index contributed by atoms with van der Waals surface area (Å²) in [6.07, 6.45) is 3.73. The van der Waals surface area contributed by atoms with Crippen molar-refractivity contribution in [2.45, 2.75) is 0 Å². The fourth-order valence-corrected chi connectivity index (χ4v) is 0.979. The van der Waals surface area contributed by atoms with Crippen LogP contribution in [-0.2, 0) is 4.79 Å². The van der Waals surface area contributed by atoms with Crippen molar-refractivity contribution >= 4 is 18.3 Å². The van der Waals surface area contributed by atoms with E-state index in [4.69, 9.17) is 5.84 Å². The van der Waals surface area contributed by atoms with Gasteiger partial charge in [0.2, 0.25) is 0 Å². The van der Waals surface area contributed by atoms with Crippen LogP contribution in [0.5, 0.6) is 0 Å². The molecular weight excluding hydrogens is 180 g/mol. The SMILES string of the molecule is NNC(=O)c1ccc(C=CC=O)cc1. The Hall–Kier alpha value is -1.94. The molecular formula is C10H10N2O2. The topological polar surface area (TPSA) is 72.2 Å². The Bertz CT molecular complexity index is 355. The molecule has 0 bridgehead atoms. The summed E-state index contributed by atoms with van der Waals surface area (Å²) in [6, 6.07) is 6.72. The predicted molar refractivity (Wildman–Crippen MR) is 53.2 cm³/mol. The molecule has 0 aromatic heterocycles. The average Bonchev–Trinajstić information content (AvgIpc) is 2.26. The lowest BCUT2D eigenvalue weighted by molar-refractivity contribution is -0.104. The molecule has 0 unspecified atom stereocenters. The molecule has 0 aliphatic rings. The Kier molecular flexibility index (Phi) is 3.58. The number of hydrogen-bond acceptors (Lipinski definition) is 3. The van der Waals surface area contributed by atoms with E-state index >= 15 is 0 Å². The number of hydrogen-bond donors (Lipinski definition) is 2. The predicted octanol–water partition coefficient (Wildman–Crippen LogP) is 0.502. The highest BCUT2D eigenvalue weighted by Gasteiger charge is 2.00. The number of nitrogen functional groups attached to an aromatic ring is 1. The van der Waals surface area contributed by atoms with Gasteiger partial charge in [-0.05, 0) is 23.8 Å². The van der Waals surface area contributed by atoms with Crippen LogP contribution in [0.3, 0.4) is 0 Å². The second-order valence-corrected chi connectivity index (χ2v) is 2.59. The van der Waals surface area contributed by atoms with Crippen molar-refractivity contribution in [3.8, 4) is 0 Å². The van der Waals surface area contributed by atoms with Gasteiger partial charge in [-0.15, -0.1) is 0 Å². The van der Waals surface area contributed by atoms with Gasteiger partial charge in [-0.25, -0.2) is 5.84 Å². The lowest BCUT2D eigenvalue weighted by Crippen LogP contribution is -2.29. The lowest BCUT2D eigenvalue weighted by atomic mass is 10.1. The van der Waals surface area contributed by atoms with Gasteiger partial charge in [0.05, 0.1) is 0 Å². The summed E-state index contributed by atoms with van der Waals surface area (Å²) >= 11 is 0. The first-order valence-electron chi connectivity index (χ1n) is 4.01. The highest BCUT2D eigenvalue weighted by molar-refractivity contribution is 5.93. The van der Waals surface area contributed by atoms with Gasteiger partial charge in [-0.1, -0.05) is 18.2 Å². The third-order valence-corrected chi connectivity index (χ3v) is 1.67. The summed E-state index contributed by atoms with van der Waals surface area (Å²) in [7, 11) is 0. The molecule has 0 heterocycles. The first kappa shape index (κ1) is 10.1. The monoisotopic (exact) mass is 190 g/mol. The van der Waals surface area contributed by atoms with Crippen molar-refractivity contribution in [3.05, 3.63) is 41.5 Å². The maximum absolute atomic E-state index is 11.0. The second-order valence-electron chi connectivity index (χ2n) is 2.59. The molecule has 0 aliphatic heterocycles. The van der Waals surface area contributed by atoms with E-state index in [1.54, 1.807) is 30.3 Å². The van der Waals surface area contributed by atoms with Crippen molar-refractivity contribution in [1.29, 1.82) is 0 Å². The van der Waals surface area contributed by atoms with Crippen LogP contribution in [0.2, 0.25) is 0 Å². The Balaban J connectivity index is 2.83. The summed E-state index contributed by atoms with van der Waals surface area (Å²) in [5, 5.41) is 0. The molecule has 1 rings (SSSR count). The quantitative estimate of drug-likeness (QED) is 0.240. The maximum Gasteiger partial charge on any atom is 0.265 e. The zero-order valence-corrected chi connectivity index (χ0v) is 7.44. The number of amides is 1.